The summed E-state index contributed by atoms with van der Waals surface area (Å²) in [6, 6.07) is 3.04. The van der Waals surface area contributed by atoms with Gasteiger partial charge in [-0.05, 0) is 11.6 Å². The van der Waals surface area contributed by atoms with Crippen molar-refractivity contribution in [3.05, 3.63) is 44.4 Å². The van der Waals surface area contributed by atoms with Crippen molar-refractivity contribution < 1.29 is 9.72 Å². The van der Waals surface area contributed by atoms with E-state index in [0.29, 0.717) is 23.5 Å². The van der Waals surface area contributed by atoms with Crippen LogP contribution < -0.4 is 10.6 Å². The lowest BCUT2D eigenvalue weighted by Gasteiger charge is -2.08. The fourth-order valence-electron chi connectivity index (χ4n) is 2.06. The van der Waals surface area contributed by atoms with Crippen LogP contribution in [0.4, 0.5) is 17.1 Å². The highest BCUT2D eigenvalue weighted by atomic mass is 32.1. The lowest BCUT2D eigenvalue weighted by molar-refractivity contribution is -0.384. The normalized spacial score (nSPS) is 12.9. The molecule has 1 aliphatic rings. The molecule has 1 amide bonds. The molecule has 0 spiro atoms. The van der Waals surface area contributed by atoms with Crippen molar-refractivity contribution in [1.29, 1.82) is 0 Å². The van der Waals surface area contributed by atoms with Crippen LogP contribution in [0.2, 0.25) is 0 Å². The van der Waals surface area contributed by atoms with Gasteiger partial charge < -0.3 is 10.6 Å². The lowest BCUT2D eigenvalue weighted by Crippen LogP contribution is -2.04. The van der Waals surface area contributed by atoms with Crippen molar-refractivity contribution in [2.75, 3.05) is 10.6 Å². The molecule has 0 saturated carbocycles. The second-order valence-corrected chi connectivity index (χ2v) is 5.06. The van der Waals surface area contributed by atoms with Gasteiger partial charge in [0.2, 0.25) is 5.91 Å². The highest BCUT2D eigenvalue weighted by molar-refractivity contribution is 7.07. The molecule has 0 aliphatic carbocycles. The van der Waals surface area contributed by atoms with Crippen LogP contribution in [-0.4, -0.2) is 15.8 Å². The smallest absolute Gasteiger partial charge is 0.292 e. The van der Waals surface area contributed by atoms with Crippen molar-refractivity contribution >= 4 is 34.3 Å². The number of nitrogens with zero attached hydrogens (tertiary/aromatic N) is 2. The van der Waals surface area contributed by atoms with E-state index in [1.165, 1.54) is 17.4 Å². The summed E-state index contributed by atoms with van der Waals surface area (Å²) in [5, 5.41) is 18.7. The molecular formula is C12H10N4O3S. The zero-order valence-electron chi connectivity index (χ0n) is 10.3. The Kier molecular flexibility index (Phi) is 3.07. The summed E-state index contributed by atoms with van der Waals surface area (Å²) < 4.78 is 0. The number of anilines is 2. The molecule has 0 fully saturated rings. The minimum Gasteiger partial charge on any atom is -0.374 e. The van der Waals surface area contributed by atoms with Crippen LogP contribution in [0, 0.1) is 10.1 Å². The van der Waals surface area contributed by atoms with E-state index in [1.807, 2.05) is 5.38 Å². The summed E-state index contributed by atoms with van der Waals surface area (Å²) >= 11 is 1.46. The van der Waals surface area contributed by atoms with Crippen molar-refractivity contribution in [3.63, 3.8) is 0 Å². The standard InChI is InChI=1S/C12H10N4O3S/c17-12-2-7-1-11(16(18)19)10(3-9(7)15-12)13-4-8-5-20-6-14-8/h1,3,5-6,13H,2,4H2,(H,15,17). The number of aromatic nitrogens is 1. The molecular weight excluding hydrogens is 280 g/mol. The van der Waals surface area contributed by atoms with Gasteiger partial charge in [-0.1, -0.05) is 0 Å². The highest BCUT2D eigenvalue weighted by Gasteiger charge is 2.24. The zero-order valence-corrected chi connectivity index (χ0v) is 11.1. The summed E-state index contributed by atoms with van der Waals surface area (Å²) in [4.78, 5) is 26.1. The second-order valence-electron chi connectivity index (χ2n) is 4.34. The van der Waals surface area contributed by atoms with Crippen molar-refractivity contribution in [1.82, 2.24) is 4.98 Å². The molecule has 102 valence electrons. The molecule has 7 nitrogen and oxygen atoms in total. The number of nitro groups is 1. The first kappa shape index (κ1) is 12.5. The van der Waals surface area contributed by atoms with E-state index in [0.717, 1.165) is 5.69 Å². The van der Waals surface area contributed by atoms with Gasteiger partial charge in [0.05, 0.1) is 29.1 Å². The zero-order chi connectivity index (χ0) is 14.1. The summed E-state index contributed by atoms with van der Waals surface area (Å²) in [5.74, 6) is -0.147. The van der Waals surface area contributed by atoms with E-state index in [9.17, 15) is 14.9 Å². The van der Waals surface area contributed by atoms with Gasteiger partial charge in [0.15, 0.2) is 0 Å². The number of rotatable bonds is 4. The summed E-state index contributed by atoms with van der Waals surface area (Å²) in [5.41, 5.74) is 4.14. The van der Waals surface area contributed by atoms with Crippen molar-refractivity contribution in [2.24, 2.45) is 0 Å². The molecule has 0 bridgehead atoms. The van der Waals surface area contributed by atoms with E-state index in [-0.39, 0.29) is 18.0 Å². The average molecular weight is 290 g/mol. The fourth-order valence-corrected chi connectivity index (χ4v) is 2.62. The van der Waals surface area contributed by atoms with Crippen LogP contribution in [0.25, 0.3) is 0 Å². The predicted molar refractivity (Wildman–Crippen MR) is 74.9 cm³/mol. The highest BCUT2D eigenvalue weighted by Crippen LogP contribution is 2.34. The van der Waals surface area contributed by atoms with Gasteiger partial charge in [-0.3, -0.25) is 14.9 Å². The van der Waals surface area contributed by atoms with Gasteiger partial charge in [0.25, 0.3) is 5.69 Å². The van der Waals surface area contributed by atoms with Crippen LogP contribution in [0.15, 0.2) is 23.0 Å². The van der Waals surface area contributed by atoms with E-state index < -0.39 is 4.92 Å². The van der Waals surface area contributed by atoms with Crippen LogP contribution in [0.5, 0.6) is 0 Å². The number of fused-ring (bicyclic) bond motifs is 1. The number of amides is 1. The first-order chi connectivity index (χ1) is 9.63. The largest absolute Gasteiger partial charge is 0.374 e. The molecule has 1 aliphatic heterocycles. The number of hydrogen-bond acceptors (Lipinski definition) is 6. The SMILES string of the molecule is O=C1Cc2cc([N+](=O)[O-])c(NCc3cscn3)cc2N1. The van der Waals surface area contributed by atoms with Gasteiger partial charge in [0.1, 0.15) is 5.69 Å². The third-order valence-corrected chi connectivity index (χ3v) is 3.62. The molecule has 2 aromatic rings. The minimum absolute atomic E-state index is 0.0320. The quantitative estimate of drug-likeness (QED) is 0.664. The molecule has 2 N–H and O–H groups in total. The molecule has 3 rings (SSSR count). The monoisotopic (exact) mass is 290 g/mol. The third kappa shape index (κ3) is 2.32. The Morgan fingerprint density at radius 2 is 2.35 bits per heavy atom. The number of benzene rings is 1. The predicted octanol–water partition coefficient (Wildman–Crippen LogP) is 2.16. The molecule has 1 aromatic heterocycles. The van der Waals surface area contributed by atoms with Crippen LogP contribution >= 0.6 is 11.3 Å². The average Bonchev–Trinajstić information content (AvgIpc) is 3.02. The Morgan fingerprint density at radius 3 is 3.05 bits per heavy atom. The van der Waals surface area contributed by atoms with Gasteiger partial charge in [0, 0.05) is 17.1 Å². The van der Waals surface area contributed by atoms with Crippen molar-refractivity contribution in [3.8, 4) is 0 Å². The summed E-state index contributed by atoms with van der Waals surface area (Å²) in [6.07, 6.45) is 0.183. The number of nitrogens with one attached hydrogen (secondary N) is 2. The van der Waals surface area contributed by atoms with Crippen molar-refractivity contribution in [2.45, 2.75) is 13.0 Å². The molecule has 0 unspecified atom stereocenters. The molecule has 0 saturated heterocycles. The Balaban J connectivity index is 1.90. The third-order valence-electron chi connectivity index (χ3n) is 2.99. The Labute approximate surface area is 117 Å². The van der Waals surface area contributed by atoms with Gasteiger partial charge in [-0.25, -0.2) is 4.98 Å². The molecule has 20 heavy (non-hydrogen) atoms. The Hall–Kier alpha value is -2.48. The Bertz CT molecular complexity index is 684. The number of thiazole rings is 1. The first-order valence-corrected chi connectivity index (χ1v) is 6.80. The van der Waals surface area contributed by atoms with E-state index in [4.69, 9.17) is 0 Å². The summed E-state index contributed by atoms with van der Waals surface area (Å²) in [7, 11) is 0. The van der Waals surface area contributed by atoms with E-state index in [2.05, 4.69) is 15.6 Å². The minimum atomic E-state index is -0.452. The molecule has 1 aromatic carbocycles. The molecule has 0 radical (unpaired) electrons. The molecule has 0 atom stereocenters. The number of nitro benzene ring substituents is 1. The maximum atomic E-state index is 11.3. The van der Waals surface area contributed by atoms with Gasteiger partial charge in [-0.15, -0.1) is 11.3 Å². The van der Waals surface area contributed by atoms with Gasteiger partial charge >= 0.3 is 0 Å². The van der Waals surface area contributed by atoms with Crippen LogP contribution in [0.3, 0.4) is 0 Å². The second kappa shape index (κ2) is 4.89. The van der Waals surface area contributed by atoms with Crippen LogP contribution in [0.1, 0.15) is 11.3 Å². The lowest BCUT2D eigenvalue weighted by atomic mass is 10.1. The number of carbonyl (C=O) groups is 1. The maximum Gasteiger partial charge on any atom is 0.292 e. The maximum absolute atomic E-state index is 11.3. The topological polar surface area (TPSA) is 97.2 Å². The Morgan fingerprint density at radius 1 is 1.50 bits per heavy atom. The fraction of sp³-hybridized carbons (Fsp3) is 0.167. The van der Waals surface area contributed by atoms with Crippen LogP contribution in [-0.2, 0) is 17.8 Å². The molecule has 8 heteroatoms. The van der Waals surface area contributed by atoms with E-state index >= 15 is 0 Å². The molecule has 2 heterocycles. The summed E-state index contributed by atoms with van der Waals surface area (Å²) in [6.45, 7) is 0.400. The van der Waals surface area contributed by atoms with Gasteiger partial charge in [-0.2, -0.15) is 0 Å². The number of hydrogen-bond donors (Lipinski definition) is 2. The van der Waals surface area contributed by atoms with E-state index in [1.54, 1.807) is 11.6 Å². The first-order valence-electron chi connectivity index (χ1n) is 5.85. The number of carbonyl (C=O) groups excluding carboxylic acids is 1.